The third-order valence-electron chi connectivity index (χ3n) is 6.44. The van der Waals surface area contributed by atoms with Gasteiger partial charge in [0.05, 0.1) is 5.92 Å². The maximum Gasteiger partial charge on any atom is 0.245 e. The molecule has 0 radical (unpaired) electrons. The molecule has 1 heterocycles. The lowest BCUT2D eigenvalue weighted by molar-refractivity contribution is -0.136. The van der Waals surface area contributed by atoms with E-state index in [2.05, 4.69) is 10.3 Å². The number of nitrogens with two attached hydrogens (primary N) is 1. The molecule has 0 aliphatic carbocycles. The van der Waals surface area contributed by atoms with E-state index in [1.54, 1.807) is 48.5 Å². The number of benzene rings is 3. The van der Waals surface area contributed by atoms with Crippen molar-refractivity contribution in [1.82, 2.24) is 15.2 Å². The summed E-state index contributed by atoms with van der Waals surface area (Å²) in [5, 5.41) is 12.6. The Morgan fingerprint density at radius 2 is 1.49 bits per heavy atom. The van der Waals surface area contributed by atoms with E-state index < -0.39 is 12.0 Å². The molecule has 0 aliphatic heterocycles. The number of aromatic hydroxyl groups is 1. The molecule has 0 saturated carbocycles. The van der Waals surface area contributed by atoms with Gasteiger partial charge in [0.25, 0.3) is 0 Å². The van der Waals surface area contributed by atoms with Crippen molar-refractivity contribution in [3.05, 3.63) is 126 Å². The molecule has 0 aliphatic rings. The van der Waals surface area contributed by atoms with Gasteiger partial charge in [0.15, 0.2) is 0 Å². The van der Waals surface area contributed by atoms with Crippen LogP contribution < -0.4 is 11.1 Å². The van der Waals surface area contributed by atoms with Gasteiger partial charge in [0, 0.05) is 19.8 Å². The van der Waals surface area contributed by atoms with Crippen LogP contribution in [0, 0.1) is 0 Å². The first-order valence-corrected chi connectivity index (χ1v) is 12.5. The number of aryl methyl sites for hydroxylation is 1. The summed E-state index contributed by atoms with van der Waals surface area (Å²) < 4.78 is 0. The molecule has 4 aromatic rings. The smallest absolute Gasteiger partial charge is 0.245 e. The molecule has 8 heteroatoms. The van der Waals surface area contributed by atoms with Crippen molar-refractivity contribution < 1.29 is 14.7 Å². The van der Waals surface area contributed by atoms with Crippen LogP contribution in [0.4, 0.5) is 5.82 Å². The molecule has 2 amide bonds. The fraction of sp³-hybridized carbons (Fsp3) is 0.194. The van der Waals surface area contributed by atoms with Crippen LogP contribution in [0.3, 0.4) is 0 Å². The van der Waals surface area contributed by atoms with E-state index in [0.717, 1.165) is 22.3 Å². The fourth-order valence-electron chi connectivity index (χ4n) is 4.48. The molecule has 1 aromatic heterocycles. The lowest BCUT2D eigenvalue weighted by Crippen LogP contribution is -2.48. The maximum absolute atomic E-state index is 13.8. The second-order valence-corrected chi connectivity index (χ2v) is 9.30. The Morgan fingerprint density at radius 1 is 0.897 bits per heavy atom. The minimum absolute atomic E-state index is 0. The first kappa shape index (κ1) is 29.2. The van der Waals surface area contributed by atoms with Crippen LogP contribution >= 0.6 is 12.4 Å². The lowest BCUT2D eigenvalue weighted by atomic mass is 9.90. The number of nitrogen functional groups attached to an aromatic ring is 1. The van der Waals surface area contributed by atoms with Gasteiger partial charge in [-0.2, -0.15) is 0 Å². The van der Waals surface area contributed by atoms with E-state index >= 15 is 0 Å². The minimum Gasteiger partial charge on any atom is -0.508 e. The van der Waals surface area contributed by atoms with Gasteiger partial charge in [0.2, 0.25) is 11.8 Å². The van der Waals surface area contributed by atoms with E-state index in [-0.39, 0.29) is 30.0 Å². The first-order chi connectivity index (χ1) is 18.4. The van der Waals surface area contributed by atoms with Crippen molar-refractivity contribution in [2.24, 2.45) is 0 Å². The van der Waals surface area contributed by atoms with Gasteiger partial charge in [-0.05, 0) is 59.4 Å². The third-order valence-corrected chi connectivity index (χ3v) is 6.44. The molecule has 4 rings (SSSR count). The Kier molecular flexibility index (Phi) is 10.5. The Balaban J connectivity index is 0.00000420. The molecule has 202 valence electrons. The molecule has 7 nitrogen and oxygen atoms in total. The van der Waals surface area contributed by atoms with E-state index in [0.29, 0.717) is 25.2 Å². The number of hydrogen-bond acceptors (Lipinski definition) is 5. The van der Waals surface area contributed by atoms with Gasteiger partial charge >= 0.3 is 0 Å². The highest BCUT2D eigenvalue weighted by Gasteiger charge is 2.29. The predicted molar refractivity (Wildman–Crippen MR) is 155 cm³/mol. The number of aromatic nitrogens is 1. The summed E-state index contributed by atoms with van der Waals surface area (Å²) in [4.78, 5) is 33.1. The van der Waals surface area contributed by atoms with Gasteiger partial charge in [0.1, 0.15) is 17.6 Å². The number of nitrogens with one attached hydrogen (secondary N) is 1. The lowest BCUT2D eigenvalue weighted by Gasteiger charge is -2.27. The number of halogens is 1. The number of anilines is 1. The molecule has 1 unspecified atom stereocenters. The summed E-state index contributed by atoms with van der Waals surface area (Å²) in [6, 6.07) is 28.7. The summed E-state index contributed by atoms with van der Waals surface area (Å²) >= 11 is 0. The van der Waals surface area contributed by atoms with Crippen molar-refractivity contribution in [3.63, 3.8) is 0 Å². The number of amides is 2. The van der Waals surface area contributed by atoms with E-state index in [1.807, 2.05) is 66.7 Å². The van der Waals surface area contributed by atoms with Gasteiger partial charge in [-0.15, -0.1) is 12.4 Å². The Bertz CT molecular complexity index is 1310. The van der Waals surface area contributed by atoms with Crippen molar-refractivity contribution in [2.75, 3.05) is 12.8 Å². The topological polar surface area (TPSA) is 109 Å². The zero-order valence-electron chi connectivity index (χ0n) is 21.7. The molecular formula is C31H33ClN4O3. The number of hydrogen-bond donors (Lipinski definition) is 3. The van der Waals surface area contributed by atoms with E-state index in [4.69, 9.17) is 5.73 Å². The molecule has 1 atom stereocenters. The summed E-state index contributed by atoms with van der Waals surface area (Å²) in [5.41, 5.74) is 9.35. The van der Waals surface area contributed by atoms with Crippen LogP contribution in [0.2, 0.25) is 0 Å². The number of phenolic OH excluding ortho intramolecular Hbond substituents is 1. The maximum atomic E-state index is 13.8. The highest BCUT2D eigenvalue weighted by Crippen LogP contribution is 2.25. The summed E-state index contributed by atoms with van der Waals surface area (Å²) in [6.45, 7) is 0.342. The average Bonchev–Trinajstić information content (AvgIpc) is 2.93. The van der Waals surface area contributed by atoms with E-state index in [1.165, 1.54) is 0 Å². The molecule has 3 aromatic carbocycles. The standard InChI is InChI=1S/C31H32N4O3.ClH/c1-35(21-23-12-15-26(36)16-13-23)31(38)27(17-14-22-18-19-33-28(32)20-22)34-30(37)29(24-8-4-2-5-9-24)25-10-6-3-7-11-25;/h2-13,15-16,18-20,27,29,36H,14,17,21H2,1H3,(H2,32,33)(H,34,37);1H. The number of nitrogens with zero attached hydrogens (tertiary/aromatic N) is 2. The third kappa shape index (κ3) is 8.06. The fourth-order valence-corrected chi connectivity index (χ4v) is 4.48. The second-order valence-electron chi connectivity index (χ2n) is 9.30. The minimum atomic E-state index is -0.756. The molecular weight excluding hydrogens is 512 g/mol. The van der Waals surface area contributed by atoms with Gasteiger partial charge < -0.3 is 21.1 Å². The van der Waals surface area contributed by atoms with Crippen LogP contribution in [0.25, 0.3) is 0 Å². The number of rotatable bonds is 10. The second kappa shape index (κ2) is 14.0. The number of pyridine rings is 1. The van der Waals surface area contributed by atoms with Gasteiger partial charge in [-0.3, -0.25) is 9.59 Å². The molecule has 4 N–H and O–H groups in total. The number of carbonyl (C=O) groups excluding carboxylic acids is 2. The summed E-state index contributed by atoms with van der Waals surface area (Å²) in [7, 11) is 1.71. The summed E-state index contributed by atoms with van der Waals surface area (Å²) in [5.74, 6) is -0.433. The monoisotopic (exact) mass is 544 g/mol. The van der Waals surface area contributed by atoms with Gasteiger partial charge in [-0.25, -0.2) is 4.98 Å². The Hall–Kier alpha value is -4.36. The van der Waals surface area contributed by atoms with E-state index in [9.17, 15) is 14.7 Å². The molecule has 0 saturated heterocycles. The first-order valence-electron chi connectivity index (χ1n) is 12.5. The zero-order valence-corrected chi connectivity index (χ0v) is 22.6. The SMILES string of the molecule is CN(Cc1ccc(O)cc1)C(=O)C(CCc1ccnc(N)c1)NC(=O)C(c1ccccc1)c1ccccc1.Cl. The summed E-state index contributed by atoms with van der Waals surface area (Å²) in [6.07, 6.45) is 2.57. The highest BCUT2D eigenvalue weighted by atomic mass is 35.5. The Labute approximate surface area is 235 Å². The van der Waals surface area contributed by atoms with Crippen LogP contribution in [0.1, 0.15) is 34.6 Å². The molecule has 0 fully saturated rings. The molecule has 0 spiro atoms. The average molecular weight is 545 g/mol. The highest BCUT2D eigenvalue weighted by molar-refractivity contribution is 5.92. The predicted octanol–water partition coefficient (Wildman–Crippen LogP) is 4.70. The largest absolute Gasteiger partial charge is 0.508 e. The number of carbonyl (C=O) groups is 2. The normalized spacial score (nSPS) is 11.3. The van der Waals surface area contributed by atoms with Crippen LogP contribution in [0.15, 0.2) is 103 Å². The zero-order chi connectivity index (χ0) is 26.9. The van der Waals surface area contributed by atoms with Crippen molar-refractivity contribution in [3.8, 4) is 5.75 Å². The van der Waals surface area contributed by atoms with Crippen molar-refractivity contribution >= 4 is 30.0 Å². The van der Waals surface area contributed by atoms with Crippen molar-refractivity contribution in [2.45, 2.75) is 31.3 Å². The molecule has 0 bridgehead atoms. The van der Waals surface area contributed by atoms with Crippen LogP contribution in [0.5, 0.6) is 5.75 Å². The van der Waals surface area contributed by atoms with Crippen molar-refractivity contribution in [1.29, 1.82) is 0 Å². The number of phenols is 1. The van der Waals surface area contributed by atoms with Gasteiger partial charge in [-0.1, -0.05) is 72.8 Å². The van der Waals surface area contributed by atoms with Crippen LogP contribution in [-0.2, 0) is 22.6 Å². The number of likely N-dealkylation sites (N-methyl/N-ethyl adjacent to an activating group) is 1. The quantitative estimate of drug-likeness (QED) is 0.268. The Morgan fingerprint density at radius 3 is 2.05 bits per heavy atom. The van der Waals surface area contributed by atoms with Crippen LogP contribution in [-0.4, -0.2) is 39.9 Å². The molecule has 39 heavy (non-hydrogen) atoms.